The number of aryl methyl sites for hydroxylation is 2. The maximum absolute atomic E-state index is 12.1. The molecule has 1 fully saturated rings. The van der Waals surface area contributed by atoms with Crippen molar-refractivity contribution in [2.24, 2.45) is 0 Å². The first-order valence-corrected chi connectivity index (χ1v) is 10.2. The van der Waals surface area contributed by atoms with Crippen LogP contribution in [0.15, 0.2) is 12.1 Å². The number of nitrogens with zero attached hydrogens (tertiary/aromatic N) is 1. The van der Waals surface area contributed by atoms with E-state index < -0.39 is 0 Å². The number of amides is 1. The van der Waals surface area contributed by atoms with Gasteiger partial charge in [-0.3, -0.25) is 9.69 Å². The second-order valence-electron chi connectivity index (χ2n) is 8.26. The van der Waals surface area contributed by atoms with Crippen LogP contribution in [0.4, 0.5) is 0 Å². The number of aromatic amines is 1. The minimum atomic E-state index is -0.0135. The molecule has 0 spiro atoms. The minimum absolute atomic E-state index is 0.0135. The van der Waals surface area contributed by atoms with Crippen LogP contribution in [-0.2, 0) is 16.0 Å². The van der Waals surface area contributed by atoms with Gasteiger partial charge in [-0.1, -0.05) is 19.1 Å². The van der Waals surface area contributed by atoms with E-state index in [0.29, 0.717) is 12.0 Å². The van der Waals surface area contributed by atoms with E-state index in [1.54, 1.807) is 7.11 Å². The number of benzene rings is 1. The van der Waals surface area contributed by atoms with Gasteiger partial charge >= 0.3 is 0 Å². The Kier molecular flexibility index (Phi) is 4.99. The molecule has 3 atom stereocenters. The zero-order chi connectivity index (χ0) is 19.1. The van der Waals surface area contributed by atoms with E-state index in [-0.39, 0.29) is 18.6 Å². The quantitative estimate of drug-likeness (QED) is 0.852. The monoisotopic (exact) mass is 369 g/mol. The van der Waals surface area contributed by atoms with E-state index >= 15 is 0 Å². The smallest absolute Gasteiger partial charge is 0.246 e. The van der Waals surface area contributed by atoms with Crippen LogP contribution in [0.5, 0.6) is 0 Å². The Hall–Kier alpha value is -1.85. The number of H-pyrrole nitrogens is 1. The lowest BCUT2D eigenvalue weighted by Crippen LogP contribution is -2.56. The third-order valence-corrected chi connectivity index (χ3v) is 6.40. The number of carbonyl (C=O) groups is 1. The first-order chi connectivity index (χ1) is 13.0. The average Bonchev–Trinajstić information content (AvgIpc) is 2.96. The van der Waals surface area contributed by atoms with Crippen LogP contribution >= 0.6 is 0 Å². The van der Waals surface area contributed by atoms with Crippen LogP contribution in [0.2, 0.25) is 0 Å². The second-order valence-corrected chi connectivity index (χ2v) is 8.26. The number of ether oxygens (including phenoxy) is 1. The molecule has 1 saturated heterocycles. The van der Waals surface area contributed by atoms with E-state index in [2.05, 4.69) is 48.1 Å². The second kappa shape index (κ2) is 7.28. The SMILES string of the molecule is CCCN1C[C@@H](NC(=O)COC)C[C@@H]2c3ccc(C)c4[nH]c(C)c(c34)C[C@H]21. The lowest BCUT2D eigenvalue weighted by atomic mass is 9.73. The summed E-state index contributed by atoms with van der Waals surface area (Å²) in [4.78, 5) is 18.4. The molecule has 0 saturated carbocycles. The molecule has 1 aromatic carbocycles. The summed E-state index contributed by atoms with van der Waals surface area (Å²) in [6.07, 6.45) is 3.23. The molecule has 5 heteroatoms. The summed E-state index contributed by atoms with van der Waals surface area (Å²) in [6, 6.07) is 5.28. The predicted octanol–water partition coefficient (Wildman–Crippen LogP) is 3.04. The Labute approximate surface area is 161 Å². The molecule has 146 valence electrons. The van der Waals surface area contributed by atoms with Gasteiger partial charge in [0.1, 0.15) is 6.61 Å². The number of likely N-dealkylation sites (tertiary alicyclic amines) is 1. The fourth-order valence-corrected chi connectivity index (χ4v) is 5.30. The first kappa shape index (κ1) is 18.5. The van der Waals surface area contributed by atoms with Gasteiger partial charge in [0.05, 0.1) is 0 Å². The fraction of sp³-hybridized carbons (Fsp3) is 0.591. The van der Waals surface area contributed by atoms with E-state index in [1.807, 2.05) is 0 Å². The van der Waals surface area contributed by atoms with Gasteiger partial charge in [0.2, 0.25) is 5.91 Å². The zero-order valence-electron chi connectivity index (χ0n) is 16.9. The van der Waals surface area contributed by atoms with Crippen LogP contribution < -0.4 is 5.32 Å². The predicted molar refractivity (Wildman–Crippen MR) is 108 cm³/mol. The normalized spacial score (nSPS) is 24.8. The van der Waals surface area contributed by atoms with E-state index in [0.717, 1.165) is 32.4 Å². The Morgan fingerprint density at radius 2 is 2.19 bits per heavy atom. The van der Waals surface area contributed by atoms with Crippen molar-refractivity contribution < 1.29 is 9.53 Å². The lowest BCUT2D eigenvalue weighted by molar-refractivity contribution is -0.126. The van der Waals surface area contributed by atoms with Crippen LogP contribution in [0.3, 0.4) is 0 Å². The topological polar surface area (TPSA) is 57.4 Å². The van der Waals surface area contributed by atoms with Crippen LogP contribution in [0.1, 0.15) is 48.1 Å². The molecular weight excluding hydrogens is 338 g/mol. The van der Waals surface area contributed by atoms with Crippen LogP contribution in [0.25, 0.3) is 10.9 Å². The minimum Gasteiger partial charge on any atom is -0.375 e. The average molecular weight is 370 g/mol. The van der Waals surface area contributed by atoms with Gasteiger partial charge in [0.15, 0.2) is 0 Å². The number of aromatic nitrogens is 1. The summed E-state index contributed by atoms with van der Waals surface area (Å²) in [5.74, 6) is 0.449. The van der Waals surface area contributed by atoms with Crippen molar-refractivity contribution in [3.05, 3.63) is 34.5 Å². The first-order valence-electron chi connectivity index (χ1n) is 10.2. The molecule has 1 aliphatic carbocycles. The molecule has 1 aliphatic heterocycles. The Bertz CT molecular complexity index is 857. The van der Waals surface area contributed by atoms with Crippen molar-refractivity contribution in [1.29, 1.82) is 0 Å². The Morgan fingerprint density at radius 1 is 1.37 bits per heavy atom. The van der Waals surface area contributed by atoms with Gasteiger partial charge in [0.25, 0.3) is 0 Å². The highest BCUT2D eigenvalue weighted by Gasteiger charge is 2.41. The highest BCUT2D eigenvalue weighted by atomic mass is 16.5. The van der Waals surface area contributed by atoms with Crippen molar-refractivity contribution in [3.63, 3.8) is 0 Å². The number of piperidine rings is 1. The summed E-state index contributed by atoms with van der Waals surface area (Å²) >= 11 is 0. The number of carbonyl (C=O) groups excluding carboxylic acids is 1. The number of hydrogen-bond donors (Lipinski definition) is 2. The fourth-order valence-electron chi connectivity index (χ4n) is 5.30. The summed E-state index contributed by atoms with van der Waals surface area (Å²) in [5, 5.41) is 4.64. The number of nitrogens with one attached hydrogen (secondary N) is 2. The van der Waals surface area contributed by atoms with E-state index in [4.69, 9.17) is 4.74 Å². The molecule has 1 amide bonds. The number of rotatable bonds is 5. The summed E-state index contributed by atoms with van der Waals surface area (Å²) in [5.41, 5.74) is 6.87. The van der Waals surface area contributed by atoms with Gasteiger partial charge in [-0.15, -0.1) is 0 Å². The van der Waals surface area contributed by atoms with Crippen molar-refractivity contribution in [2.75, 3.05) is 26.8 Å². The van der Waals surface area contributed by atoms with Crippen molar-refractivity contribution in [3.8, 4) is 0 Å². The molecule has 0 bridgehead atoms. The molecule has 2 aliphatic rings. The molecular formula is C22H31N3O2. The molecule has 4 rings (SSSR count). The van der Waals surface area contributed by atoms with Gasteiger partial charge in [-0.2, -0.15) is 0 Å². The van der Waals surface area contributed by atoms with Crippen molar-refractivity contribution in [1.82, 2.24) is 15.2 Å². The summed E-state index contributed by atoms with van der Waals surface area (Å²) < 4.78 is 5.01. The molecule has 2 aromatic rings. The third-order valence-electron chi connectivity index (χ3n) is 6.40. The Morgan fingerprint density at radius 3 is 2.93 bits per heavy atom. The Balaban J connectivity index is 1.72. The van der Waals surface area contributed by atoms with Gasteiger partial charge in [-0.05, 0) is 56.3 Å². The third kappa shape index (κ3) is 3.17. The van der Waals surface area contributed by atoms with E-state index in [1.165, 1.54) is 33.3 Å². The lowest BCUT2D eigenvalue weighted by Gasteiger charge is -2.47. The zero-order valence-corrected chi connectivity index (χ0v) is 16.9. The molecule has 2 heterocycles. The van der Waals surface area contributed by atoms with Crippen molar-refractivity contribution in [2.45, 2.75) is 58.0 Å². The van der Waals surface area contributed by atoms with Gasteiger partial charge < -0.3 is 15.0 Å². The maximum atomic E-state index is 12.1. The molecule has 0 radical (unpaired) electrons. The highest BCUT2D eigenvalue weighted by molar-refractivity contribution is 5.92. The molecule has 5 nitrogen and oxygen atoms in total. The summed E-state index contributed by atoms with van der Waals surface area (Å²) in [7, 11) is 1.57. The molecule has 2 N–H and O–H groups in total. The van der Waals surface area contributed by atoms with Gasteiger partial charge in [0, 0.05) is 48.3 Å². The molecule has 27 heavy (non-hydrogen) atoms. The molecule has 0 unspecified atom stereocenters. The number of methoxy groups -OCH3 is 1. The summed E-state index contributed by atoms with van der Waals surface area (Å²) in [6.45, 7) is 8.77. The van der Waals surface area contributed by atoms with E-state index in [9.17, 15) is 4.79 Å². The standard InChI is InChI=1S/C22H31N3O2/c1-5-8-25-11-15(24-20(26)12-27-4)9-18-16-7-6-13(2)22-21(16)17(10-19(18)25)14(3)23-22/h6-7,15,18-19,23H,5,8-12H2,1-4H3,(H,24,26)/t15-,18+,19+/m0/s1. The van der Waals surface area contributed by atoms with Crippen LogP contribution in [-0.4, -0.2) is 54.7 Å². The van der Waals surface area contributed by atoms with Gasteiger partial charge in [-0.25, -0.2) is 0 Å². The number of fused-ring (bicyclic) bond motifs is 2. The number of hydrogen-bond acceptors (Lipinski definition) is 3. The largest absolute Gasteiger partial charge is 0.375 e. The maximum Gasteiger partial charge on any atom is 0.246 e. The molecule has 1 aromatic heterocycles. The van der Waals surface area contributed by atoms with Crippen LogP contribution in [0, 0.1) is 13.8 Å². The van der Waals surface area contributed by atoms with Crippen molar-refractivity contribution >= 4 is 16.8 Å². The highest BCUT2D eigenvalue weighted by Crippen LogP contribution is 2.45.